The Morgan fingerprint density at radius 1 is 1.25 bits per heavy atom. The summed E-state index contributed by atoms with van der Waals surface area (Å²) in [7, 11) is 0. The molecule has 1 N–H and O–H groups in total. The van der Waals surface area contributed by atoms with E-state index >= 15 is 0 Å². The van der Waals surface area contributed by atoms with Crippen LogP contribution in [0.1, 0.15) is 66.7 Å². The van der Waals surface area contributed by atoms with Crippen LogP contribution in [0.3, 0.4) is 0 Å². The van der Waals surface area contributed by atoms with E-state index in [9.17, 15) is 19.5 Å². The van der Waals surface area contributed by atoms with E-state index in [0.717, 1.165) is 6.29 Å². The highest BCUT2D eigenvalue weighted by Gasteiger charge is 2.58. The lowest BCUT2D eigenvalue weighted by atomic mass is 9.73. The minimum atomic E-state index is -1.21. The monoisotopic (exact) mass is 339 g/mol. The van der Waals surface area contributed by atoms with Gasteiger partial charge in [0.15, 0.2) is 0 Å². The number of hydrogen-bond donors (Lipinski definition) is 1. The summed E-state index contributed by atoms with van der Waals surface area (Å²) in [5.41, 5.74) is -2.56. The van der Waals surface area contributed by atoms with E-state index in [4.69, 9.17) is 4.74 Å². The molecule has 1 saturated carbocycles. The lowest BCUT2D eigenvalue weighted by molar-refractivity contribution is -0.138. The molecule has 1 atom stereocenters. The van der Waals surface area contributed by atoms with Crippen LogP contribution in [0.2, 0.25) is 0 Å². The first kappa shape index (κ1) is 18.9. The molecule has 6 heteroatoms. The molecule has 1 heterocycles. The van der Waals surface area contributed by atoms with E-state index in [1.807, 2.05) is 0 Å². The summed E-state index contributed by atoms with van der Waals surface area (Å²) in [6.07, 6.45) is 3.17. The molecular weight excluding hydrogens is 310 g/mol. The van der Waals surface area contributed by atoms with Gasteiger partial charge in [-0.05, 0) is 66.7 Å². The average Bonchev–Trinajstić information content (AvgIpc) is 2.71. The van der Waals surface area contributed by atoms with Crippen molar-refractivity contribution in [2.45, 2.75) is 83.5 Å². The number of carbonyl (C=O) groups excluding carboxylic acids is 3. The molecule has 1 aliphatic carbocycles. The molecule has 0 aromatic heterocycles. The van der Waals surface area contributed by atoms with Crippen molar-refractivity contribution in [3.8, 4) is 0 Å². The maximum atomic E-state index is 12.9. The zero-order chi connectivity index (χ0) is 18.3. The van der Waals surface area contributed by atoms with Crippen LogP contribution >= 0.6 is 0 Å². The first-order chi connectivity index (χ1) is 10.9. The largest absolute Gasteiger partial charge is 0.443 e. The lowest BCUT2D eigenvalue weighted by Crippen LogP contribution is -2.53. The fourth-order valence-corrected chi connectivity index (χ4v) is 3.83. The third-order valence-corrected chi connectivity index (χ3v) is 5.16. The van der Waals surface area contributed by atoms with Crippen molar-refractivity contribution >= 4 is 18.3 Å². The molecule has 1 unspecified atom stereocenters. The van der Waals surface area contributed by atoms with E-state index in [1.165, 1.54) is 4.90 Å². The number of ether oxygens (including phenoxy) is 1. The van der Waals surface area contributed by atoms with E-state index in [-0.39, 0.29) is 11.8 Å². The lowest BCUT2D eigenvalue weighted by Gasteiger charge is -2.41. The van der Waals surface area contributed by atoms with Gasteiger partial charge >= 0.3 is 6.09 Å². The van der Waals surface area contributed by atoms with Gasteiger partial charge in [0.05, 0.1) is 17.1 Å². The maximum Gasteiger partial charge on any atom is 0.417 e. The summed E-state index contributed by atoms with van der Waals surface area (Å²) in [6.45, 7) is 8.47. The third-order valence-electron chi connectivity index (χ3n) is 5.16. The highest BCUT2D eigenvalue weighted by Crippen LogP contribution is 2.48. The van der Waals surface area contributed by atoms with Crippen LogP contribution in [-0.2, 0) is 14.3 Å². The Hall–Kier alpha value is -1.43. The topological polar surface area (TPSA) is 83.9 Å². The normalized spacial score (nSPS) is 31.4. The van der Waals surface area contributed by atoms with Gasteiger partial charge in [-0.2, -0.15) is 0 Å². The second-order valence-electron chi connectivity index (χ2n) is 8.76. The van der Waals surface area contributed by atoms with Gasteiger partial charge in [-0.1, -0.05) is 0 Å². The molecule has 1 aliphatic heterocycles. The van der Waals surface area contributed by atoms with Crippen molar-refractivity contribution in [3.63, 3.8) is 0 Å². The fourth-order valence-electron chi connectivity index (χ4n) is 3.83. The molecule has 2 amide bonds. The number of hydrogen-bond acceptors (Lipinski definition) is 5. The number of imide groups is 1. The predicted molar refractivity (Wildman–Crippen MR) is 88.2 cm³/mol. The Labute approximate surface area is 143 Å². The Morgan fingerprint density at radius 2 is 1.79 bits per heavy atom. The van der Waals surface area contributed by atoms with Crippen molar-refractivity contribution in [2.75, 3.05) is 0 Å². The van der Waals surface area contributed by atoms with Gasteiger partial charge in [0.1, 0.15) is 11.9 Å². The zero-order valence-electron chi connectivity index (χ0n) is 15.3. The van der Waals surface area contributed by atoms with Gasteiger partial charge < -0.3 is 14.6 Å². The minimum Gasteiger partial charge on any atom is -0.443 e. The number of rotatable bonds is 2. The molecule has 6 nitrogen and oxygen atoms in total. The van der Waals surface area contributed by atoms with Gasteiger partial charge in [-0.25, -0.2) is 9.69 Å². The van der Waals surface area contributed by atoms with Gasteiger partial charge in [0, 0.05) is 5.92 Å². The molecule has 0 aromatic rings. The minimum absolute atomic E-state index is 0.0209. The molecule has 1 spiro atoms. The quantitative estimate of drug-likeness (QED) is 0.782. The zero-order valence-corrected chi connectivity index (χ0v) is 15.3. The third kappa shape index (κ3) is 3.63. The van der Waals surface area contributed by atoms with E-state index in [0.29, 0.717) is 32.1 Å². The van der Waals surface area contributed by atoms with Crippen LogP contribution in [0.15, 0.2) is 0 Å². The van der Waals surface area contributed by atoms with Crippen molar-refractivity contribution in [1.29, 1.82) is 0 Å². The number of aliphatic hydroxyl groups is 1. The second kappa shape index (κ2) is 6.14. The summed E-state index contributed by atoms with van der Waals surface area (Å²) < 4.78 is 5.45. The number of nitrogens with zero attached hydrogens (tertiary/aromatic N) is 1. The molecule has 2 rings (SSSR count). The maximum absolute atomic E-state index is 12.9. The Balaban J connectivity index is 2.33. The summed E-state index contributed by atoms with van der Waals surface area (Å²) in [6, 6.07) is 0. The Bertz CT molecular complexity index is 521. The number of aldehydes is 1. The molecule has 0 aromatic carbocycles. The Kier molecular flexibility index (Phi) is 4.83. The van der Waals surface area contributed by atoms with E-state index in [2.05, 4.69) is 0 Å². The number of amides is 2. The van der Waals surface area contributed by atoms with Crippen LogP contribution in [0, 0.1) is 11.8 Å². The van der Waals surface area contributed by atoms with Crippen molar-refractivity contribution < 1.29 is 24.2 Å². The summed E-state index contributed by atoms with van der Waals surface area (Å²) in [5, 5.41) is 10.4. The Morgan fingerprint density at radius 3 is 2.21 bits per heavy atom. The van der Waals surface area contributed by atoms with Crippen LogP contribution < -0.4 is 0 Å². The molecule has 1 saturated heterocycles. The first-order valence-corrected chi connectivity index (χ1v) is 8.64. The summed E-state index contributed by atoms with van der Waals surface area (Å²) in [5.74, 6) is -1.04. The summed E-state index contributed by atoms with van der Waals surface area (Å²) in [4.78, 5) is 37.9. The SMILES string of the molecule is CC(C)(C)OC(=O)N1C(=O)C(C(C)(C)O)CC12CCC(C=O)CC2. The van der Waals surface area contributed by atoms with Crippen LogP contribution in [0.5, 0.6) is 0 Å². The highest BCUT2D eigenvalue weighted by molar-refractivity contribution is 5.97. The predicted octanol–water partition coefficient (Wildman–Crippen LogP) is 2.67. The van der Waals surface area contributed by atoms with E-state index in [1.54, 1.807) is 34.6 Å². The molecule has 2 aliphatic rings. The first-order valence-electron chi connectivity index (χ1n) is 8.64. The average molecular weight is 339 g/mol. The van der Waals surface area contributed by atoms with Crippen molar-refractivity contribution in [3.05, 3.63) is 0 Å². The molecule has 2 fully saturated rings. The molecule has 0 bridgehead atoms. The van der Waals surface area contributed by atoms with Crippen LogP contribution in [-0.4, -0.2) is 45.0 Å². The second-order valence-corrected chi connectivity index (χ2v) is 8.76. The van der Waals surface area contributed by atoms with Gasteiger partial charge in [0.2, 0.25) is 5.91 Å². The molecule has 136 valence electrons. The van der Waals surface area contributed by atoms with Gasteiger partial charge in [0.25, 0.3) is 0 Å². The van der Waals surface area contributed by atoms with Gasteiger partial charge in [-0.3, -0.25) is 4.79 Å². The van der Waals surface area contributed by atoms with Crippen LogP contribution in [0.4, 0.5) is 4.79 Å². The van der Waals surface area contributed by atoms with Crippen LogP contribution in [0.25, 0.3) is 0 Å². The van der Waals surface area contributed by atoms with Gasteiger partial charge in [-0.15, -0.1) is 0 Å². The smallest absolute Gasteiger partial charge is 0.417 e. The molecular formula is C18H29NO5. The fraction of sp³-hybridized carbons (Fsp3) is 0.833. The summed E-state index contributed by atoms with van der Waals surface area (Å²) >= 11 is 0. The number of likely N-dealkylation sites (tertiary alicyclic amines) is 1. The standard InChI is InChI=1S/C18H29NO5/c1-16(2,3)24-15(22)19-14(21)13(17(4,5)23)10-18(19)8-6-12(11-20)7-9-18/h11-13,23H,6-10H2,1-5H3. The van der Waals surface area contributed by atoms with E-state index < -0.39 is 28.8 Å². The highest BCUT2D eigenvalue weighted by atomic mass is 16.6. The number of carbonyl (C=O) groups is 3. The molecule has 24 heavy (non-hydrogen) atoms. The van der Waals surface area contributed by atoms with Crippen molar-refractivity contribution in [1.82, 2.24) is 4.90 Å². The molecule has 0 radical (unpaired) electrons. The van der Waals surface area contributed by atoms with Crippen molar-refractivity contribution in [2.24, 2.45) is 11.8 Å².